The van der Waals surface area contributed by atoms with Gasteiger partial charge in [0.1, 0.15) is 0 Å². The fourth-order valence-electron chi connectivity index (χ4n) is 2.80. The summed E-state index contributed by atoms with van der Waals surface area (Å²) >= 11 is 0. The smallest absolute Gasteiger partial charge is 0.00129 e. The molecule has 0 aliphatic carbocycles. The number of piperidine rings is 1. The third-order valence-corrected chi connectivity index (χ3v) is 3.94. The Morgan fingerprint density at radius 2 is 1.72 bits per heavy atom. The molecule has 0 unspecified atom stereocenters. The second-order valence-electron chi connectivity index (χ2n) is 5.23. The average molecular weight is 268 g/mol. The lowest BCUT2D eigenvalue weighted by Crippen LogP contribution is -2.33. The van der Waals surface area contributed by atoms with Crippen LogP contribution in [0.15, 0.2) is 30.3 Å². The Labute approximate surface area is 118 Å². The summed E-state index contributed by atoms with van der Waals surface area (Å²) in [6.45, 7) is 6.18. The summed E-state index contributed by atoms with van der Waals surface area (Å²) in [5.74, 6) is 0.804. The van der Waals surface area contributed by atoms with Crippen LogP contribution in [-0.2, 0) is 0 Å². The van der Waals surface area contributed by atoms with Crippen LogP contribution in [0.25, 0.3) is 0 Å². The summed E-state index contributed by atoms with van der Waals surface area (Å²) in [7, 11) is 0. The second kappa shape index (κ2) is 8.55. The molecule has 1 aromatic carbocycles. The van der Waals surface area contributed by atoms with Crippen molar-refractivity contribution in [2.24, 2.45) is 0 Å². The molecule has 1 aliphatic heterocycles. The van der Waals surface area contributed by atoms with Crippen LogP contribution >= 0.6 is 12.4 Å². The molecule has 0 bridgehead atoms. The number of hydrogen-bond donors (Lipinski definition) is 0. The maximum Gasteiger partial charge on any atom is -0.00129 e. The number of benzene rings is 1. The molecule has 18 heavy (non-hydrogen) atoms. The van der Waals surface area contributed by atoms with Gasteiger partial charge in [-0.1, -0.05) is 50.1 Å². The Morgan fingerprint density at radius 1 is 1.06 bits per heavy atom. The van der Waals surface area contributed by atoms with E-state index in [1.165, 1.54) is 51.7 Å². The van der Waals surface area contributed by atoms with Crippen LogP contribution in [-0.4, -0.2) is 24.5 Å². The first-order valence-corrected chi connectivity index (χ1v) is 7.17. The van der Waals surface area contributed by atoms with E-state index < -0.39 is 0 Å². The molecule has 0 saturated carbocycles. The Morgan fingerprint density at radius 3 is 2.33 bits per heavy atom. The maximum absolute atomic E-state index is 2.65. The van der Waals surface area contributed by atoms with Gasteiger partial charge in [0.2, 0.25) is 0 Å². The minimum Gasteiger partial charge on any atom is -0.303 e. The fraction of sp³-hybridized carbons (Fsp3) is 0.625. The number of hydrogen-bond acceptors (Lipinski definition) is 1. The predicted molar refractivity (Wildman–Crippen MR) is 81.6 cm³/mol. The maximum atomic E-state index is 2.65. The molecule has 2 rings (SSSR count). The first-order valence-electron chi connectivity index (χ1n) is 7.17. The number of likely N-dealkylation sites (tertiary alicyclic amines) is 1. The highest BCUT2D eigenvalue weighted by molar-refractivity contribution is 5.85. The Hall–Kier alpha value is -0.530. The molecular formula is C16H26ClN. The lowest BCUT2D eigenvalue weighted by Gasteiger charge is -2.32. The summed E-state index contributed by atoms with van der Waals surface area (Å²) in [5.41, 5.74) is 1.54. The van der Waals surface area contributed by atoms with Crippen LogP contribution in [0.2, 0.25) is 0 Å². The van der Waals surface area contributed by atoms with E-state index in [2.05, 4.69) is 42.2 Å². The van der Waals surface area contributed by atoms with Crippen molar-refractivity contribution in [3.63, 3.8) is 0 Å². The third-order valence-electron chi connectivity index (χ3n) is 3.94. The van der Waals surface area contributed by atoms with Crippen LogP contribution < -0.4 is 0 Å². The third kappa shape index (κ3) is 4.62. The molecule has 1 saturated heterocycles. The highest BCUT2D eigenvalue weighted by Gasteiger charge is 2.19. The first-order chi connectivity index (χ1) is 8.40. The van der Waals surface area contributed by atoms with E-state index in [1.807, 2.05) is 0 Å². The molecule has 0 radical (unpaired) electrons. The van der Waals surface area contributed by atoms with Gasteiger partial charge in [0.15, 0.2) is 0 Å². The van der Waals surface area contributed by atoms with Crippen molar-refractivity contribution in [2.45, 2.75) is 44.9 Å². The fourth-order valence-corrected chi connectivity index (χ4v) is 2.80. The van der Waals surface area contributed by atoms with Crippen molar-refractivity contribution in [1.82, 2.24) is 4.90 Å². The molecule has 0 amide bonds. The van der Waals surface area contributed by atoms with E-state index in [0.29, 0.717) is 0 Å². The summed E-state index contributed by atoms with van der Waals surface area (Å²) in [5, 5.41) is 0. The summed E-state index contributed by atoms with van der Waals surface area (Å²) in [6.07, 6.45) is 6.79. The van der Waals surface area contributed by atoms with E-state index in [9.17, 15) is 0 Å². The van der Waals surface area contributed by atoms with Crippen LogP contribution in [0.3, 0.4) is 0 Å². The minimum absolute atomic E-state index is 0. The van der Waals surface area contributed by atoms with Gasteiger partial charge in [-0.2, -0.15) is 0 Å². The normalized spacial score (nSPS) is 17.4. The van der Waals surface area contributed by atoms with Crippen LogP contribution in [0.5, 0.6) is 0 Å². The van der Waals surface area contributed by atoms with Crippen molar-refractivity contribution in [3.05, 3.63) is 35.9 Å². The van der Waals surface area contributed by atoms with Gasteiger partial charge < -0.3 is 4.90 Å². The van der Waals surface area contributed by atoms with Crippen molar-refractivity contribution in [2.75, 3.05) is 19.6 Å². The molecule has 0 N–H and O–H groups in total. The van der Waals surface area contributed by atoms with E-state index >= 15 is 0 Å². The van der Waals surface area contributed by atoms with E-state index in [0.717, 1.165) is 5.92 Å². The molecule has 0 atom stereocenters. The van der Waals surface area contributed by atoms with Crippen LogP contribution in [0.1, 0.15) is 50.5 Å². The topological polar surface area (TPSA) is 3.24 Å². The molecule has 1 aromatic rings. The SMILES string of the molecule is CCCCCN1CCC(c2ccccc2)CC1.Cl. The summed E-state index contributed by atoms with van der Waals surface area (Å²) < 4.78 is 0. The Kier molecular flexibility index (Phi) is 7.38. The number of halogens is 1. The standard InChI is InChI=1S/C16H25N.ClH/c1-2-3-7-12-17-13-10-16(11-14-17)15-8-5-4-6-9-15;/h4-6,8-9,16H,2-3,7,10-14H2,1H3;1H. The van der Waals surface area contributed by atoms with Gasteiger partial charge in [0, 0.05) is 0 Å². The van der Waals surface area contributed by atoms with E-state index in [1.54, 1.807) is 5.56 Å². The molecule has 0 spiro atoms. The quantitative estimate of drug-likeness (QED) is 0.711. The first kappa shape index (κ1) is 15.5. The van der Waals surface area contributed by atoms with Gasteiger partial charge in [-0.25, -0.2) is 0 Å². The van der Waals surface area contributed by atoms with Crippen molar-refractivity contribution >= 4 is 12.4 Å². The average Bonchev–Trinajstić information content (AvgIpc) is 2.41. The number of rotatable bonds is 5. The number of nitrogens with zero attached hydrogens (tertiary/aromatic N) is 1. The lowest BCUT2D eigenvalue weighted by atomic mass is 9.89. The molecule has 102 valence electrons. The summed E-state index contributed by atoms with van der Waals surface area (Å²) in [4.78, 5) is 2.65. The van der Waals surface area contributed by atoms with Crippen molar-refractivity contribution < 1.29 is 0 Å². The van der Waals surface area contributed by atoms with Gasteiger partial charge in [0.05, 0.1) is 0 Å². The molecule has 2 heteroatoms. The highest BCUT2D eigenvalue weighted by Crippen LogP contribution is 2.27. The van der Waals surface area contributed by atoms with Gasteiger partial charge in [-0.15, -0.1) is 12.4 Å². The van der Waals surface area contributed by atoms with Gasteiger partial charge in [-0.3, -0.25) is 0 Å². The van der Waals surface area contributed by atoms with E-state index in [-0.39, 0.29) is 12.4 Å². The highest BCUT2D eigenvalue weighted by atomic mass is 35.5. The largest absolute Gasteiger partial charge is 0.303 e. The Bertz CT molecular complexity index is 304. The summed E-state index contributed by atoms with van der Waals surface area (Å²) in [6, 6.07) is 11.0. The van der Waals surface area contributed by atoms with Gasteiger partial charge >= 0.3 is 0 Å². The molecule has 0 aromatic heterocycles. The Balaban J connectivity index is 0.00000162. The number of unbranched alkanes of at least 4 members (excludes halogenated alkanes) is 2. The minimum atomic E-state index is 0. The molecule has 1 aliphatic rings. The van der Waals surface area contributed by atoms with E-state index in [4.69, 9.17) is 0 Å². The zero-order valence-electron chi connectivity index (χ0n) is 11.5. The predicted octanol–water partition coefficient (Wildman–Crippen LogP) is 4.48. The zero-order valence-corrected chi connectivity index (χ0v) is 12.3. The molecule has 1 heterocycles. The van der Waals surface area contributed by atoms with Crippen LogP contribution in [0.4, 0.5) is 0 Å². The second-order valence-corrected chi connectivity index (χ2v) is 5.23. The van der Waals surface area contributed by atoms with Gasteiger partial charge in [-0.05, 0) is 50.4 Å². The lowest BCUT2D eigenvalue weighted by molar-refractivity contribution is 0.208. The van der Waals surface area contributed by atoms with Crippen LogP contribution in [0, 0.1) is 0 Å². The van der Waals surface area contributed by atoms with Gasteiger partial charge in [0.25, 0.3) is 0 Å². The van der Waals surface area contributed by atoms with Crippen molar-refractivity contribution in [3.8, 4) is 0 Å². The van der Waals surface area contributed by atoms with Crippen molar-refractivity contribution in [1.29, 1.82) is 0 Å². The molecule has 1 fully saturated rings. The molecule has 1 nitrogen and oxygen atoms in total. The molecular weight excluding hydrogens is 242 g/mol. The monoisotopic (exact) mass is 267 g/mol. The zero-order chi connectivity index (χ0) is 11.9.